The van der Waals surface area contributed by atoms with Crippen molar-refractivity contribution in [2.75, 3.05) is 9.80 Å². The van der Waals surface area contributed by atoms with Crippen molar-refractivity contribution >= 4 is 46.3 Å². The van der Waals surface area contributed by atoms with Crippen molar-refractivity contribution in [1.29, 1.82) is 0 Å². The topological polar surface area (TPSA) is 6.48 Å². The fraction of sp³-hybridized carbons (Fsp3) is 0.0732. The maximum Gasteiger partial charge on any atom is 0.133 e. The van der Waals surface area contributed by atoms with Gasteiger partial charge in [-0.15, -0.1) is 0 Å². The second-order valence-electron chi connectivity index (χ2n) is 22.9. The number of anilines is 6. The molecule has 0 bridgehead atoms. The largest absolute Gasteiger partial charge is 0.310 e. The van der Waals surface area contributed by atoms with Crippen molar-refractivity contribution < 1.29 is 4.39 Å². The zero-order valence-corrected chi connectivity index (χ0v) is 48.3. The van der Waals surface area contributed by atoms with Gasteiger partial charge in [-0.25, -0.2) is 4.39 Å². The first-order chi connectivity index (χ1) is 41.6. The lowest BCUT2D eigenvalue weighted by Crippen LogP contribution is -2.30. The van der Waals surface area contributed by atoms with Crippen LogP contribution < -0.4 is 9.80 Å². The van der Waals surface area contributed by atoms with Crippen LogP contribution in [-0.4, -0.2) is 0 Å². The van der Waals surface area contributed by atoms with Gasteiger partial charge in [0.2, 0.25) is 0 Å². The van der Waals surface area contributed by atoms with E-state index in [1.54, 1.807) is 6.07 Å². The predicted octanol–water partition coefficient (Wildman–Crippen LogP) is 21.7. The molecule has 0 saturated heterocycles. The van der Waals surface area contributed by atoms with Gasteiger partial charge in [-0.05, 0) is 201 Å². The Labute approximate surface area is 499 Å². The molecule has 0 aromatic heterocycles. The Kier molecular flexibility index (Phi) is 13.1. The number of benzene rings is 12. The van der Waals surface area contributed by atoms with Crippen molar-refractivity contribution in [2.24, 2.45) is 0 Å². The van der Waals surface area contributed by atoms with Crippen LogP contribution in [0.25, 0.3) is 45.5 Å². The molecule has 12 aromatic carbocycles. The lowest BCUT2D eigenvalue weighted by atomic mass is 9.66. The molecule has 0 spiro atoms. The molecule has 0 aliphatic heterocycles. The first-order valence-corrected chi connectivity index (χ1v) is 29.3. The summed E-state index contributed by atoms with van der Waals surface area (Å²) in [5.41, 5.74) is 27.2. The average Bonchev–Trinajstić information content (AvgIpc) is 1.60. The van der Waals surface area contributed by atoms with Gasteiger partial charge in [0.1, 0.15) is 5.82 Å². The Bertz CT molecular complexity index is 4560. The second kappa shape index (κ2) is 21.1. The molecule has 0 radical (unpaired) electrons. The highest BCUT2D eigenvalue weighted by Crippen LogP contribution is 2.60. The van der Waals surface area contributed by atoms with Crippen LogP contribution in [0.5, 0.6) is 0 Å². The average molecular weight is 1100 g/mol. The monoisotopic (exact) mass is 1090 g/mol. The number of fused-ring (bicyclic) bond motifs is 6. The van der Waals surface area contributed by atoms with E-state index in [1.165, 1.54) is 89.0 Å². The zero-order valence-electron chi connectivity index (χ0n) is 48.3. The highest BCUT2D eigenvalue weighted by atomic mass is 19.1. The van der Waals surface area contributed by atoms with E-state index in [0.717, 1.165) is 50.8 Å². The van der Waals surface area contributed by atoms with Crippen molar-refractivity contribution in [2.45, 2.75) is 38.5 Å². The molecule has 0 heterocycles. The summed E-state index contributed by atoms with van der Waals surface area (Å²) in [7, 11) is 0. The second-order valence-corrected chi connectivity index (χ2v) is 22.9. The number of hydrogen-bond donors (Lipinski definition) is 0. The lowest BCUT2D eigenvalue weighted by molar-refractivity contribution is 0.631. The zero-order chi connectivity index (χ0) is 58.0. The minimum atomic E-state index is -0.646. The minimum absolute atomic E-state index is 0.311. The first-order valence-electron chi connectivity index (χ1n) is 29.3. The molecule has 0 saturated carbocycles. The van der Waals surface area contributed by atoms with Crippen LogP contribution in [0.4, 0.5) is 38.5 Å². The Hall–Kier alpha value is -10.4. The molecule has 14 rings (SSSR count). The standard InChI is InChI=1S/C82H63FN2/c1-7-58-31-37-61(38-32-58)81(76-49-54(3)27-29-56(76)5)74-25-17-15-23-70(74)72-47-44-66(51-78(72)81)84(63-19-11-9-12-20-63)65-41-35-60(36-42-65)69-46-43-68(53-80(69)83)85(64-21-13-10-14-22-64)67-45-48-73-71-24-16-18-26-75(71)82(79(73)52-67,62-39-33-59(8-2)34-40-62)77-50-55(4)28-30-57(77)6/h7-53H,1-2H2,3-6H3. The summed E-state index contributed by atoms with van der Waals surface area (Å²) in [5.74, 6) is -0.311. The van der Waals surface area contributed by atoms with Gasteiger partial charge in [0.05, 0.1) is 10.8 Å². The van der Waals surface area contributed by atoms with Gasteiger partial charge in [-0.1, -0.05) is 231 Å². The van der Waals surface area contributed by atoms with E-state index in [1.807, 2.05) is 36.4 Å². The van der Waals surface area contributed by atoms with Crippen molar-refractivity contribution in [3.8, 4) is 33.4 Å². The molecule has 0 amide bonds. The van der Waals surface area contributed by atoms with Gasteiger partial charge in [0, 0.05) is 39.7 Å². The SMILES string of the molecule is C=Cc1ccc(C2(c3cc(C)ccc3C)c3ccccc3-c3ccc(N(c4ccccc4)c4ccc(-c5ccc(N(c6ccccc6)c6ccc7c(c6)C(c6ccc(C=C)cc6)(c6cc(C)ccc6C)c6ccccc6-7)cc5F)cc4)cc32)cc1. The van der Waals surface area contributed by atoms with E-state index in [2.05, 4.69) is 293 Å². The third-order valence-corrected chi connectivity index (χ3v) is 18.0. The molecule has 12 aromatic rings. The fourth-order valence-electron chi connectivity index (χ4n) is 14.1. The maximum absolute atomic E-state index is 17.5. The number of para-hydroxylation sites is 2. The summed E-state index contributed by atoms with van der Waals surface area (Å²) < 4.78 is 17.5. The highest BCUT2D eigenvalue weighted by Gasteiger charge is 2.49. The summed E-state index contributed by atoms with van der Waals surface area (Å²) in [4.78, 5) is 4.51. The van der Waals surface area contributed by atoms with Gasteiger partial charge in [0.25, 0.3) is 0 Å². The van der Waals surface area contributed by atoms with Crippen LogP contribution in [0.2, 0.25) is 0 Å². The minimum Gasteiger partial charge on any atom is -0.310 e. The number of aryl methyl sites for hydroxylation is 4. The third kappa shape index (κ3) is 8.52. The number of rotatable bonds is 13. The van der Waals surface area contributed by atoms with Gasteiger partial charge in [0.15, 0.2) is 0 Å². The fourth-order valence-corrected chi connectivity index (χ4v) is 14.1. The number of nitrogens with zero attached hydrogens (tertiary/aromatic N) is 2. The normalized spacial score (nSPS) is 15.3. The van der Waals surface area contributed by atoms with Crippen LogP contribution in [0.3, 0.4) is 0 Å². The maximum atomic E-state index is 17.5. The van der Waals surface area contributed by atoms with E-state index in [-0.39, 0.29) is 5.82 Å². The quantitative estimate of drug-likeness (QED) is 0.114. The molecule has 2 aliphatic carbocycles. The Morgan fingerprint density at radius 1 is 0.306 bits per heavy atom. The molecule has 0 fully saturated rings. The summed E-state index contributed by atoms with van der Waals surface area (Å²) >= 11 is 0. The highest BCUT2D eigenvalue weighted by molar-refractivity contribution is 5.92. The summed E-state index contributed by atoms with van der Waals surface area (Å²) in [6.45, 7) is 17.0. The van der Waals surface area contributed by atoms with Crippen LogP contribution in [0, 0.1) is 33.5 Å². The van der Waals surface area contributed by atoms with Gasteiger partial charge < -0.3 is 9.80 Å². The van der Waals surface area contributed by atoms with E-state index in [4.69, 9.17) is 0 Å². The van der Waals surface area contributed by atoms with Crippen molar-refractivity contribution in [3.05, 3.63) is 370 Å². The summed E-state index contributed by atoms with van der Waals surface area (Å²) in [6, 6.07) is 97.8. The molecule has 3 heteroatoms. The molecule has 0 N–H and O–H groups in total. The van der Waals surface area contributed by atoms with Crippen molar-refractivity contribution in [1.82, 2.24) is 0 Å². The Morgan fingerprint density at radius 3 is 1.11 bits per heavy atom. The molecule has 2 unspecified atom stereocenters. The molecule has 2 nitrogen and oxygen atoms in total. The first kappa shape index (κ1) is 52.7. The molecule has 2 aliphatic rings. The third-order valence-electron chi connectivity index (χ3n) is 18.0. The Balaban J connectivity index is 0.871. The summed E-state index contributed by atoms with van der Waals surface area (Å²) in [5, 5.41) is 0. The van der Waals surface area contributed by atoms with E-state index >= 15 is 4.39 Å². The molecular weight excluding hydrogens is 1030 g/mol. The lowest BCUT2D eigenvalue weighted by Gasteiger charge is -2.36. The predicted molar refractivity (Wildman–Crippen MR) is 355 cm³/mol. The van der Waals surface area contributed by atoms with Gasteiger partial charge >= 0.3 is 0 Å². The van der Waals surface area contributed by atoms with E-state index in [0.29, 0.717) is 5.56 Å². The van der Waals surface area contributed by atoms with E-state index < -0.39 is 10.8 Å². The molecule has 408 valence electrons. The van der Waals surface area contributed by atoms with Crippen LogP contribution in [-0.2, 0) is 10.8 Å². The molecular formula is C82H63FN2. The van der Waals surface area contributed by atoms with Crippen LogP contribution >= 0.6 is 0 Å². The van der Waals surface area contributed by atoms with E-state index in [9.17, 15) is 0 Å². The van der Waals surface area contributed by atoms with Gasteiger partial charge in [-0.2, -0.15) is 0 Å². The van der Waals surface area contributed by atoms with Crippen LogP contribution in [0.1, 0.15) is 77.9 Å². The van der Waals surface area contributed by atoms with Crippen molar-refractivity contribution in [3.63, 3.8) is 0 Å². The number of halogens is 1. The number of hydrogen-bond acceptors (Lipinski definition) is 2. The van der Waals surface area contributed by atoms with Crippen LogP contribution in [0.15, 0.2) is 286 Å². The molecule has 85 heavy (non-hydrogen) atoms. The summed E-state index contributed by atoms with van der Waals surface area (Å²) in [6.07, 6.45) is 3.81. The van der Waals surface area contributed by atoms with Gasteiger partial charge in [-0.3, -0.25) is 0 Å². The smallest absolute Gasteiger partial charge is 0.133 e. The Morgan fingerprint density at radius 2 is 0.671 bits per heavy atom. The molecule has 2 atom stereocenters.